The van der Waals surface area contributed by atoms with E-state index in [1.165, 1.54) is 0 Å². The van der Waals surface area contributed by atoms with Crippen molar-refractivity contribution in [1.82, 2.24) is 0 Å². The molecule has 1 atom stereocenters. The second kappa shape index (κ2) is 5.80. The van der Waals surface area contributed by atoms with Crippen LogP contribution < -0.4 is 11.1 Å². The maximum Gasteiger partial charge on any atom is 0.241 e. The van der Waals surface area contributed by atoms with Gasteiger partial charge in [0.1, 0.15) is 0 Å². The minimum absolute atomic E-state index is 0.117. The van der Waals surface area contributed by atoms with Gasteiger partial charge < -0.3 is 11.1 Å². The van der Waals surface area contributed by atoms with Crippen molar-refractivity contribution in [1.29, 1.82) is 0 Å². The van der Waals surface area contributed by atoms with Crippen LogP contribution in [0.4, 0.5) is 5.69 Å². The van der Waals surface area contributed by atoms with Crippen LogP contribution in [0.25, 0.3) is 0 Å². The summed E-state index contributed by atoms with van der Waals surface area (Å²) in [4.78, 5) is 11.7. The lowest BCUT2D eigenvalue weighted by Gasteiger charge is -2.16. The summed E-state index contributed by atoms with van der Waals surface area (Å²) in [7, 11) is 0. The molecule has 0 spiro atoms. The molecule has 0 radical (unpaired) electrons. The molecule has 0 fully saturated rings. The van der Waals surface area contributed by atoms with E-state index in [0.29, 0.717) is 0 Å². The molecular weight excluding hydrogens is 336 g/mol. The zero-order valence-corrected chi connectivity index (χ0v) is 12.3. The van der Waals surface area contributed by atoms with Gasteiger partial charge in [-0.15, -0.1) is 0 Å². The molecule has 0 aliphatic carbocycles. The fourth-order valence-electron chi connectivity index (χ4n) is 1.11. The van der Waals surface area contributed by atoms with Crippen LogP contribution in [0.15, 0.2) is 27.1 Å². The zero-order chi connectivity index (χ0) is 12.3. The van der Waals surface area contributed by atoms with Crippen LogP contribution in [0.2, 0.25) is 0 Å². The lowest BCUT2D eigenvalue weighted by Crippen LogP contribution is -2.39. The van der Waals surface area contributed by atoms with Crippen LogP contribution in [0, 0.1) is 5.92 Å². The number of carbonyl (C=O) groups is 1. The van der Waals surface area contributed by atoms with E-state index in [0.717, 1.165) is 14.6 Å². The monoisotopic (exact) mass is 348 g/mol. The summed E-state index contributed by atoms with van der Waals surface area (Å²) < 4.78 is 1.74. The van der Waals surface area contributed by atoms with E-state index < -0.39 is 6.04 Å². The van der Waals surface area contributed by atoms with E-state index in [1.54, 1.807) is 0 Å². The van der Waals surface area contributed by atoms with Gasteiger partial charge in [0, 0.05) is 8.95 Å². The molecule has 3 N–H and O–H groups in total. The maximum absolute atomic E-state index is 11.7. The van der Waals surface area contributed by atoms with Crippen molar-refractivity contribution in [3.05, 3.63) is 27.1 Å². The lowest BCUT2D eigenvalue weighted by molar-refractivity contribution is -0.118. The molecule has 1 aromatic rings. The quantitative estimate of drug-likeness (QED) is 0.880. The van der Waals surface area contributed by atoms with Crippen LogP contribution >= 0.6 is 31.9 Å². The number of halogens is 2. The van der Waals surface area contributed by atoms with E-state index in [4.69, 9.17) is 5.73 Å². The van der Waals surface area contributed by atoms with Crippen LogP contribution in [0.1, 0.15) is 13.8 Å². The normalized spacial score (nSPS) is 12.6. The molecule has 0 aromatic heterocycles. The average molecular weight is 350 g/mol. The number of nitrogens with two attached hydrogens (primary N) is 1. The number of amides is 1. The summed E-state index contributed by atoms with van der Waals surface area (Å²) in [5.74, 6) is -0.0558. The molecule has 0 bridgehead atoms. The van der Waals surface area contributed by atoms with Crippen LogP contribution in [-0.2, 0) is 4.79 Å². The van der Waals surface area contributed by atoms with Crippen LogP contribution in [-0.4, -0.2) is 11.9 Å². The number of benzene rings is 1. The maximum atomic E-state index is 11.7. The van der Waals surface area contributed by atoms with Gasteiger partial charge in [-0.05, 0) is 40.0 Å². The molecule has 88 valence electrons. The van der Waals surface area contributed by atoms with Gasteiger partial charge in [0.25, 0.3) is 0 Å². The number of rotatable bonds is 3. The van der Waals surface area contributed by atoms with E-state index in [-0.39, 0.29) is 11.8 Å². The second-order valence-electron chi connectivity index (χ2n) is 3.88. The van der Waals surface area contributed by atoms with Crippen molar-refractivity contribution >= 4 is 43.5 Å². The Morgan fingerprint density at radius 3 is 2.56 bits per heavy atom. The zero-order valence-electron chi connectivity index (χ0n) is 9.13. The fraction of sp³-hybridized carbons (Fsp3) is 0.364. The average Bonchev–Trinajstić information content (AvgIpc) is 2.22. The van der Waals surface area contributed by atoms with Crippen LogP contribution in [0.5, 0.6) is 0 Å². The van der Waals surface area contributed by atoms with Gasteiger partial charge in [-0.3, -0.25) is 4.79 Å². The topological polar surface area (TPSA) is 55.1 Å². The standard InChI is InChI=1S/C11H14Br2N2O/c1-6(2)10(14)11(16)15-9-5-7(12)3-4-8(9)13/h3-6,10H,14H2,1-2H3,(H,15,16)/t10-/m0/s1. The van der Waals surface area contributed by atoms with Crippen molar-refractivity contribution < 1.29 is 4.79 Å². The smallest absolute Gasteiger partial charge is 0.241 e. The molecule has 0 saturated heterocycles. The number of hydrogen-bond donors (Lipinski definition) is 2. The third-order valence-corrected chi connectivity index (χ3v) is 3.39. The SMILES string of the molecule is CC(C)[C@H](N)C(=O)Nc1cc(Br)ccc1Br. The fourth-order valence-corrected chi connectivity index (χ4v) is 1.82. The van der Waals surface area contributed by atoms with Gasteiger partial charge in [0.05, 0.1) is 11.7 Å². The summed E-state index contributed by atoms with van der Waals surface area (Å²) in [5, 5.41) is 2.79. The Labute approximate surface area is 112 Å². The number of nitrogens with one attached hydrogen (secondary N) is 1. The Balaban J connectivity index is 2.80. The van der Waals surface area contributed by atoms with E-state index in [1.807, 2.05) is 32.0 Å². The second-order valence-corrected chi connectivity index (χ2v) is 5.65. The summed E-state index contributed by atoms with van der Waals surface area (Å²) >= 11 is 6.72. The molecule has 1 aromatic carbocycles. The van der Waals surface area contributed by atoms with Crippen molar-refractivity contribution in [2.75, 3.05) is 5.32 Å². The highest BCUT2D eigenvalue weighted by molar-refractivity contribution is 9.11. The molecule has 0 heterocycles. The third-order valence-electron chi connectivity index (χ3n) is 2.21. The minimum Gasteiger partial charge on any atom is -0.324 e. The van der Waals surface area contributed by atoms with E-state index >= 15 is 0 Å². The molecule has 0 aliphatic heterocycles. The molecular formula is C11H14Br2N2O. The van der Waals surface area contributed by atoms with Gasteiger partial charge in [0.2, 0.25) is 5.91 Å². The first-order valence-corrected chi connectivity index (χ1v) is 6.52. The number of carbonyl (C=O) groups excluding carboxylic acids is 1. The first-order valence-electron chi connectivity index (χ1n) is 4.93. The van der Waals surface area contributed by atoms with Gasteiger partial charge >= 0.3 is 0 Å². The van der Waals surface area contributed by atoms with Crippen LogP contribution in [0.3, 0.4) is 0 Å². The molecule has 1 amide bonds. The highest BCUT2D eigenvalue weighted by atomic mass is 79.9. The molecule has 5 heteroatoms. The summed E-state index contributed by atoms with van der Waals surface area (Å²) in [6.07, 6.45) is 0. The molecule has 16 heavy (non-hydrogen) atoms. The molecule has 0 aliphatic rings. The first-order chi connectivity index (χ1) is 7.41. The Bertz CT molecular complexity index is 394. The Kier molecular flexibility index (Phi) is 4.95. The predicted molar refractivity (Wildman–Crippen MR) is 73.3 cm³/mol. The summed E-state index contributed by atoms with van der Waals surface area (Å²) in [6, 6.07) is 5.09. The van der Waals surface area contributed by atoms with Crippen molar-refractivity contribution in [2.24, 2.45) is 11.7 Å². The number of anilines is 1. The minimum atomic E-state index is -0.495. The van der Waals surface area contributed by atoms with E-state index in [9.17, 15) is 4.79 Å². The largest absolute Gasteiger partial charge is 0.324 e. The van der Waals surface area contributed by atoms with Gasteiger partial charge in [-0.2, -0.15) is 0 Å². The molecule has 0 unspecified atom stereocenters. The summed E-state index contributed by atoms with van der Waals surface area (Å²) in [6.45, 7) is 3.83. The van der Waals surface area contributed by atoms with Crippen molar-refractivity contribution in [3.63, 3.8) is 0 Å². The predicted octanol–water partition coefficient (Wildman–Crippen LogP) is 3.13. The number of hydrogen-bond acceptors (Lipinski definition) is 2. The Morgan fingerprint density at radius 2 is 2.00 bits per heavy atom. The first kappa shape index (κ1) is 13.7. The highest BCUT2D eigenvalue weighted by Gasteiger charge is 2.17. The Morgan fingerprint density at radius 1 is 1.38 bits per heavy atom. The van der Waals surface area contributed by atoms with E-state index in [2.05, 4.69) is 37.2 Å². The van der Waals surface area contributed by atoms with Gasteiger partial charge in [0.15, 0.2) is 0 Å². The lowest BCUT2D eigenvalue weighted by atomic mass is 10.1. The van der Waals surface area contributed by atoms with Gasteiger partial charge in [-0.1, -0.05) is 29.8 Å². The summed E-state index contributed by atoms with van der Waals surface area (Å²) in [5.41, 5.74) is 6.47. The highest BCUT2D eigenvalue weighted by Crippen LogP contribution is 2.26. The van der Waals surface area contributed by atoms with Crippen molar-refractivity contribution in [3.8, 4) is 0 Å². The van der Waals surface area contributed by atoms with Gasteiger partial charge in [-0.25, -0.2) is 0 Å². The molecule has 0 saturated carbocycles. The molecule has 1 rings (SSSR count). The third kappa shape index (κ3) is 3.57. The molecule has 3 nitrogen and oxygen atoms in total. The van der Waals surface area contributed by atoms with Crippen molar-refractivity contribution in [2.45, 2.75) is 19.9 Å². The Hall–Kier alpha value is -0.390.